The maximum absolute atomic E-state index is 13.1. The summed E-state index contributed by atoms with van der Waals surface area (Å²) in [6.07, 6.45) is 0. The average molecular weight is 365 g/mol. The molecule has 1 aromatic heterocycles. The Morgan fingerprint density at radius 1 is 1.19 bits per heavy atom. The second-order valence-electron chi connectivity index (χ2n) is 6.73. The maximum atomic E-state index is 13.1. The SMILES string of the molecule is C[C@H]1CN(C(=O)c2ccc(F)cc2)Cc2cc(OCc3ccccc3)nn21. The molecular formula is C21H20FN3O2. The number of amides is 1. The minimum Gasteiger partial charge on any atom is -0.472 e. The fourth-order valence-corrected chi connectivity index (χ4v) is 3.30. The van der Waals surface area contributed by atoms with Crippen molar-refractivity contribution in [2.45, 2.75) is 26.1 Å². The molecule has 0 aliphatic carbocycles. The zero-order chi connectivity index (χ0) is 18.8. The summed E-state index contributed by atoms with van der Waals surface area (Å²) >= 11 is 0. The summed E-state index contributed by atoms with van der Waals surface area (Å²) in [7, 11) is 0. The van der Waals surface area contributed by atoms with Gasteiger partial charge >= 0.3 is 0 Å². The van der Waals surface area contributed by atoms with Crippen molar-refractivity contribution in [3.05, 3.63) is 83.3 Å². The number of halogens is 1. The van der Waals surface area contributed by atoms with E-state index in [1.165, 1.54) is 24.3 Å². The molecule has 4 rings (SSSR count). The Labute approximate surface area is 157 Å². The third-order valence-corrected chi connectivity index (χ3v) is 4.65. The van der Waals surface area contributed by atoms with Gasteiger partial charge in [0, 0.05) is 18.2 Å². The summed E-state index contributed by atoms with van der Waals surface area (Å²) < 4.78 is 20.8. The zero-order valence-corrected chi connectivity index (χ0v) is 15.0. The molecular weight excluding hydrogens is 345 g/mol. The molecule has 0 N–H and O–H groups in total. The summed E-state index contributed by atoms with van der Waals surface area (Å²) in [6, 6.07) is 17.5. The second-order valence-corrected chi connectivity index (χ2v) is 6.73. The molecule has 1 atom stereocenters. The van der Waals surface area contributed by atoms with Crippen LogP contribution < -0.4 is 4.74 Å². The summed E-state index contributed by atoms with van der Waals surface area (Å²) in [4.78, 5) is 14.5. The third-order valence-electron chi connectivity index (χ3n) is 4.65. The Bertz CT molecular complexity index is 938. The molecule has 5 nitrogen and oxygen atoms in total. The van der Waals surface area contributed by atoms with Gasteiger partial charge in [-0.1, -0.05) is 30.3 Å². The number of rotatable bonds is 4. The highest BCUT2D eigenvalue weighted by Crippen LogP contribution is 2.26. The van der Waals surface area contributed by atoms with E-state index < -0.39 is 0 Å². The van der Waals surface area contributed by atoms with Crippen LogP contribution in [-0.4, -0.2) is 27.1 Å². The van der Waals surface area contributed by atoms with Crippen LogP contribution in [0.15, 0.2) is 60.7 Å². The van der Waals surface area contributed by atoms with Gasteiger partial charge in [-0.3, -0.25) is 9.48 Å². The van der Waals surface area contributed by atoms with Crippen LogP contribution >= 0.6 is 0 Å². The Balaban J connectivity index is 1.48. The largest absolute Gasteiger partial charge is 0.472 e. The molecule has 0 fully saturated rings. The molecule has 6 heteroatoms. The minimum atomic E-state index is -0.350. The molecule has 2 aromatic carbocycles. The molecule has 0 saturated heterocycles. The first-order chi connectivity index (χ1) is 13.1. The average Bonchev–Trinajstić information content (AvgIpc) is 3.11. The molecule has 1 aliphatic heterocycles. The Hall–Kier alpha value is -3.15. The Kier molecular flexibility index (Phi) is 4.62. The van der Waals surface area contributed by atoms with Gasteiger partial charge in [0.25, 0.3) is 5.91 Å². The van der Waals surface area contributed by atoms with Crippen molar-refractivity contribution >= 4 is 5.91 Å². The van der Waals surface area contributed by atoms with Crippen LogP contribution in [0, 0.1) is 5.82 Å². The molecule has 0 unspecified atom stereocenters. The van der Waals surface area contributed by atoms with E-state index in [-0.39, 0.29) is 17.8 Å². The lowest BCUT2D eigenvalue weighted by Crippen LogP contribution is -2.40. The molecule has 0 radical (unpaired) electrons. The lowest BCUT2D eigenvalue weighted by molar-refractivity contribution is 0.0677. The van der Waals surface area contributed by atoms with Crippen LogP contribution in [0.3, 0.4) is 0 Å². The van der Waals surface area contributed by atoms with Crippen molar-refractivity contribution in [2.75, 3.05) is 6.54 Å². The molecule has 2 heterocycles. The number of hydrogen-bond donors (Lipinski definition) is 0. The van der Waals surface area contributed by atoms with Gasteiger partial charge in [0.05, 0.1) is 18.3 Å². The first-order valence-electron chi connectivity index (χ1n) is 8.90. The predicted molar refractivity (Wildman–Crippen MR) is 98.9 cm³/mol. The molecule has 27 heavy (non-hydrogen) atoms. The fraction of sp³-hybridized carbons (Fsp3) is 0.238. The highest BCUT2D eigenvalue weighted by molar-refractivity contribution is 5.94. The standard InChI is InChI=1S/C21H20FN3O2/c1-15-12-24(21(26)17-7-9-18(22)10-8-17)13-19-11-20(23-25(15)19)27-14-16-5-3-2-4-6-16/h2-11,15H,12-14H2,1H3/t15-/m0/s1. The van der Waals surface area contributed by atoms with E-state index in [1.807, 2.05) is 48.0 Å². The van der Waals surface area contributed by atoms with Crippen molar-refractivity contribution in [1.82, 2.24) is 14.7 Å². The first kappa shape index (κ1) is 17.3. The summed E-state index contributed by atoms with van der Waals surface area (Å²) in [5.41, 5.74) is 2.48. The normalized spacial score (nSPS) is 16.1. The van der Waals surface area contributed by atoms with Gasteiger partial charge in [-0.25, -0.2) is 4.39 Å². The van der Waals surface area contributed by atoms with Crippen LogP contribution in [-0.2, 0) is 13.2 Å². The fourth-order valence-electron chi connectivity index (χ4n) is 3.30. The van der Waals surface area contributed by atoms with Gasteiger partial charge in [-0.15, -0.1) is 5.10 Å². The summed E-state index contributed by atoms with van der Waals surface area (Å²) in [6.45, 7) is 3.46. The van der Waals surface area contributed by atoms with E-state index in [0.29, 0.717) is 31.1 Å². The van der Waals surface area contributed by atoms with Crippen molar-refractivity contribution in [1.29, 1.82) is 0 Å². The van der Waals surface area contributed by atoms with Gasteiger partial charge < -0.3 is 9.64 Å². The van der Waals surface area contributed by atoms with E-state index >= 15 is 0 Å². The van der Waals surface area contributed by atoms with E-state index in [0.717, 1.165) is 11.3 Å². The number of nitrogens with zero attached hydrogens (tertiary/aromatic N) is 3. The molecule has 0 saturated carbocycles. The smallest absolute Gasteiger partial charge is 0.254 e. The van der Waals surface area contributed by atoms with Crippen molar-refractivity contribution in [2.24, 2.45) is 0 Å². The predicted octanol–water partition coefficient (Wildman–Crippen LogP) is 3.82. The molecule has 1 aliphatic rings. The second kappa shape index (κ2) is 7.23. The monoisotopic (exact) mass is 365 g/mol. The van der Waals surface area contributed by atoms with Crippen molar-refractivity contribution in [3.63, 3.8) is 0 Å². The number of ether oxygens (including phenoxy) is 1. The van der Waals surface area contributed by atoms with Gasteiger partial charge in [0.2, 0.25) is 5.88 Å². The zero-order valence-electron chi connectivity index (χ0n) is 15.0. The highest BCUT2D eigenvalue weighted by atomic mass is 19.1. The Morgan fingerprint density at radius 2 is 1.93 bits per heavy atom. The van der Waals surface area contributed by atoms with Gasteiger partial charge in [0.1, 0.15) is 12.4 Å². The lowest BCUT2D eigenvalue weighted by atomic mass is 10.1. The van der Waals surface area contributed by atoms with Gasteiger partial charge in [-0.2, -0.15) is 0 Å². The summed E-state index contributed by atoms with van der Waals surface area (Å²) in [5, 5.41) is 4.53. The van der Waals surface area contributed by atoms with Crippen molar-refractivity contribution < 1.29 is 13.9 Å². The molecule has 138 valence electrons. The van der Waals surface area contributed by atoms with Crippen LogP contribution in [0.5, 0.6) is 5.88 Å². The van der Waals surface area contributed by atoms with E-state index in [2.05, 4.69) is 5.10 Å². The third kappa shape index (κ3) is 3.69. The van der Waals surface area contributed by atoms with Gasteiger partial charge in [0.15, 0.2) is 0 Å². The van der Waals surface area contributed by atoms with Crippen LogP contribution in [0.25, 0.3) is 0 Å². The summed E-state index contributed by atoms with van der Waals surface area (Å²) in [5.74, 6) is 0.0923. The van der Waals surface area contributed by atoms with Crippen LogP contribution in [0.1, 0.15) is 34.6 Å². The topological polar surface area (TPSA) is 47.4 Å². The van der Waals surface area contributed by atoms with E-state index in [4.69, 9.17) is 4.74 Å². The number of hydrogen-bond acceptors (Lipinski definition) is 3. The molecule has 3 aromatic rings. The molecule has 1 amide bonds. The van der Waals surface area contributed by atoms with Crippen molar-refractivity contribution in [3.8, 4) is 5.88 Å². The van der Waals surface area contributed by atoms with E-state index in [1.54, 1.807) is 4.90 Å². The van der Waals surface area contributed by atoms with Crippen LogP contribution in [0.4, 0.5) is 4.39 Å². The lowest BCUT2D eigenvalue weighted by Gasteiger charge is -2.32. The minimum absolute atomic E-state index is 0.0345. The van der Waals surface area contributed by atoms with E-state index in [9.17, 15) is 9.18 Å². The number of carbonyl (C=O) groups excluding carboxylic acids is 1. The van der Waals surface area contributed by atoms with Crippen LogP contribution in [0.2, 0.25) is 0 Å². The molecule has 0 bridgehead atoms. The number of benzene rings is 2. The number of fused-ring (bicyclic) bond motifs is 1. The highest BCUT2D eigenvalue weighted by Gasteiger charge is 2.28. The number of aromatic nitrogens is 2. The quantitative estimate of drug-likeness (QED) is 0.706. The molecule has 0 spiro atoms. The Morgan fingerprint density at radius 3 is 2.67 bits per heavy atom. The maximum Gasteiger partial charge on any atom is 0.254 e. The van der Waals surface area contributed by atoms with Gasteiger partial charge in [-0.05, 0) is 36.8 Å². The number of carbonyl (C=O) groups is 1. The first-order valence-corrected chi connectivity index (χ1v) is 8.90.